The summed E-state index contributed by atoms with van der Waals surface area (Å²) in [6.07, 6.45) is 5.20. The lowest BCUT2D eigenvalue weighted by Gasteiger charge is -2.39. The number of carbonyl (C=O) groups is 1. The van der Waals surface area contributed by atoms with Crippen LogP contribution in [-0.4, -0.2) is 48.0 Å². The van der Waals surface area contributed by atoms with E-state index in [0.29, 0.717) is 28.4 Å². The third-order valence-corrected chi connectivity index (χ3v) is 8.10. The molecule has 0 bridgehead atoms. The van der Waals surface area contributed by atoms with Gasteiger partial charge in [-0.25, -0.2) is 9.67 Å². The van der Waals surface area contributed by atoms with Crippen molar-refractivity contribution in [1.82, 2.24) is 24.2 Å². The summed E-state index contributed by atoms with van der Waals surface area (Å²) in [5.74, 6) is 0.829. The van der Waals surface area contributed by atoms with E-state index in [4.69, 9.17) is 4.98 Å². The number of carbonyl (C=O) groups excluding carboxylic acids is 1. The molecule has 3 atom stereocenters. The van der Waals surface area contributed by atoms with Gasteiger partial charge in [0.15, 0.2) is 10.8 Å². The summed E-state index contributed by atoms with van der Waals surface area (Å²) >= 11 is 1.55. The van der Waals surface area contributed by atoms with E-state index in [9.17, 15) is 9.59 Å². The first-order valence-electron chi connectivity index (χ1n) is 11.4. The molecule has 1 amide bonds. The Bertz CT molecular complexity index is 1250. The number of hydrogen-bond acceptors (Lipinski definition) is 5. The lowest BCUT2D eigenvalue weighted by molar-refractivity contribution is -0.138. The summed E-state index contributed by atoms with van der Waals surface area (Å²) in [4.78, 5) is 33.4. The van der Waals surface area contributed by atoms with E-state index in [1.807, 2.05) is 11.0 Å². The second kappa shape index (κ2) is 8.06. The van der Waals surface area contributed by atoms with Crippen LogP contribution < -0.4 is 5.56 Å². The van der Waals surface area contributed by atoms with Crippen LogP contribution in [0.2, 0.25) is 0 Å². The van der Waals surface area contributed by atoms with Gasteiger partial charge in [0, 0.05) is 24.3 Å². The van der Waals surface area contributed by atoms with Crippen LogP contribution in [-0.2, 0) is 4.79 Å². The van der Waals surface area contributed by atoms with E-state index in [-0.39, 0.29) is 29.6 Å². The molecule has 3 unspecified atom stereocenters. The maximum absolute atomic E-state index is 13.4. The maximum atomic E-state index is 13.4. The van der Waals surface area contributed by atoms with E-state index in [2.05, 4.69) is 44.9 Å². The molecule has 32 heavy (non-hydrogen) atoms. The predicted molar refractivity (Wildman–Crippen MR) is 127 cm³/mol. The van der Waals surface area contributed by atoms with Crippen molar-refractivity contribution in [3.05, 3.63) is 45.9 Å². The van der Waals surface area contributed by atoms with Crippen LogP contribution in [0.15, 0.2) is 34.3 Å². The molecule has 1 saturated heterocycles. The third-order valence-electron chi connectivity index (χ3n) is 7.00. The number of benzene rings is 1. The molecule has 0 N–H and O–H groups in total. The molecule has 8 heteroatoms. The topological polar surface area (TPSA) is 73.0 Å². The van der Waals surface area contributed by atoms with E-state index >= 15 is 0 Å². The number of nitrogens with zero attached hydrogens (tertiary/aromatic N) is 5. The molecule has 0 saturated carbocycles. The minimum absolute atomic E-state index is 0.109. The van der Waals surface area contributed by atoms with Crippen molar-refractivity contribution in [3.8, 4) is 5.69 Å². The molecule has 0 radical (unpaired) electrons. The summed E-state index contributed by atoms with van der Waals surface area (Å²) in [6.45, 7) is 8.39. The number of amides is 1. The molecule has 2 aliphatic heterocycles. The van der Waals surface area contributed by atoms with E-state index in [0.717, 1.165) is 24.1 Å². The number of hydrogen-bond donors (Lipinski definition) is 0. The van der Waals surface area contributed by atoms with Crippen LogP contribution >= 0.6 is 11.8 Å². The highest BCUT2D eigenvalue weighted by molar-refractivity contribution is 7.99. The molecule has 5 rings (SSSR count). The van der Waals surface area contributed by atoms with Crippen molar-refractivity contribution < 1.29 is 4.79 Å². The number of piperidine rings is 1. The lowest BCUT2D eigenvalue weighted by atomic mass is 9.96. The summed E-state index contributed by atoms with van der Waals surface area (Å²) in [5.41, 5.74) is 3.73. The van der Waals surface area contributed by atoms with Gasteiger partial charge in [-0.3, -0.25) is 14.2 Å². The van der Waals surface area contributed by atoms with Crippen LogP contribution in [0.4, 0.5) is 0 Å². The number of fused-ring (bicyclic) bond motifs is 2. The second-order valence-corrected chi connectivity index (χ2v) is 10.2. The smallest absolute Gasteiger partial charge is 0.265 e. The van der Waals surface area contributed by atoms with Gasteiger partial charge in [0.2, 0.25) is 5.91 Å². The monoisotopic (exact) mass is 451 g/mol. The molecule has 0 spiro atoms. The lowest BCUT2D eigenvalue weighted by Crippen LogP contribution is -2.48. The zero-order valence-electron chi connectivity index (χ0n) is 19.0. The predicted octanol–water partition coefficient (Wildman–Crippen LogP) is 4.03. The first-order chi connectivity index (χ1) is 15.3. The van der Waals surface area contributed by atoms with Gasteiger partial charge in [-0.15, -0.1) is 0 Å². The largest absolute Gasteiger partial charge is 0.337 e. The maximum Gasteiger partial charge on any atom is 0.265 e. The number of thioether (sulfide) groups is 1. The molecular formula is C24H29N5O2S. The molecular weight excluding hydrogens is 422 g/mol. The van der Waals surface area contributed by atoms with Crippen molar-refractivity contribution >= 4 is 28.7 Å². The fourth-order valence-corrected chi connectivity index (χ4v) is 6.18. The van der Waals surface area contributed by atoms with Crippen molar-refractivity contribution in [3.63, 3.8) is 0 Å². The summed E-state index contributed by atoms with van der Waals surface area (Å²) in [5, 5.41) is 5.64. The fourth-order valence-electron chi connectivity index (χ4n) is 5.05. The Labute approximate surface area is 191 Å². The zero-order valence-corrected chi connectivity index (χ0v) is 19.9. The fraction of sp³-hybridized carbons (Fsp3) is 0.500. The number of aromatic nitrogens is 4. The summed E-state index contributed by atoms with van der Waals surface area (Å²) in [6, 6.07) is 6.46. The van der Waals surface area contributed by atoms with Gasteiger partial charge in [-0.2, -0.15) is 5.10 Å². The second-order valence-electron chi connectivity index (χ2n) is 9.23. The van der Waals surface area contributed by atoms with Crippen molar-refractivity contribution in [1.29, 1.82) is 0 Å². The molecule has 1 fully saturated rings. The van der Waals surface area contributed by atoms with Crippen molar-refractivity contribution in [2.75, 3.05) is 5.75 Å². The Balaban J connectivity index is 1.48. The van der Waals surface area contributed by atoms with Gasteiger partial charge in [-0.05, 0) is 70.2 Å². The van der Waals surface area contributed by atoms with Gasteiger partial charge < -0.3 is 4.90 Å². The van der Waals surface area contributed by atoms with Crippen LogP contribution in [0.1, 0.15) is 56.7 Å². The SMILES string of the molecule is Cc1ccc(-n2ncc3c(=O)n4c(nc32)SCC4CC(=O)N2C(C)CCCC2C)cc1C. The first-order valence-corrected chi connectivity index (χ1v) is 12.4. The Morgan fingerprint density at radius 2 is 1.91 bits per heavy atom. The number of aryl methyl sites for hydroxylation is 2. The highest BCUT2D eigenvalue weighted by Crippen LogP contribution is 2.35. The summed E-state index contributed by atoms with van der Waals surface area (Å²) in [7, 11) is 0. The molecule has 4 heterocycles. The molecule has 2 aromatic heterocycles. The Hall–Kier alpha value is -2.61. The Morgan fingerprint density at radius 3 is 2.62 bits per heavy atom. The van der Waals surface area contributed by atoms with E-state index in [1.54, 1.807) is 27.2 Å². The Kier molecular flexibility index (Phi) is 5.35. The molecule has 168 valence electrons. The van der Waals surface area contributed by atoms with Gasteiger partial charge in [0.25, 0.3) is 5.56 Å². The molecule has 7 nitrogen and oxygen atoms in total. The van der Waals surface area contributed by atoms with Crippen LogP contribution in [0.25, 0.3) is 16.7 Å². The molecule has 3 aromatic rings. The summed E-state index contributed by atoms with van der Waals surface area (Å²) < 4.78 is 3.46. The zero-order chi connectivity index (χ0) is 22.6. The Morgan fingerprint density at radius 1 is 1.16 bits per heavy atom. The highest BCUT2D eigenvalue weighted by Gasteiger charge is 2.34. The van der Waals surface area contributed by atoms with Crippen LogP contribution in [0.3, 0.4) is 0 Å². The van der Waals surface area contributed by atoms with Crippen LogP contribution in [0, 0.1) is 13.8 Å². The van der Waals surface area contributed by atoms with Crippen molar-refractivity contribution in [2.24, 2.45) is 0 Å². The molecule has 0 aliphatic carbocycles. The number of rotatable bonds is 3. The molecule has 2 aliphatic rings. The third kappa shape index (κ3) is 3.45. The van der Waals surface area contributed by atoms with E-state index < -0.39 is 0 Å². The minimum Gasteiger partial charge on any atom is -0.337 e. The normalized spacial score (nSPS) is 23.0. The van der Waals surface area contributed by atoms with Gasteiger partial charge in [0.1, 0.15) is 5.39 Å². The van der Waals surface area contributed by atoms with E-state index in [1.165, 1.54) is 12.0 Å². The van der Waals surface area contributed by atoms with Crippen LogP contribution in [0.5, 0.6) is 0 Å². The average Bonchev–Trinajstić information content (AvgIpc) is 3.35. The average molecular weight is 452 g/mol. The highest BCUT2D eigenvalue weighted by atomic mass is 32.2. The number of likely N-dealkylation sites (tertiary alicyclic amines) is 1. The first kappa shape index (κ1) is 21.2. The molecule has 1 aromatic carbocycles. The van der Waals surface area contributed by atoms with Crippen molar-refractivity contribution in [2.45, 2.75) is 76.7 Å². The standard InChI is InChI=1S/C24H29N5O2S/c1-14-8-9-18(10-15(14)2)29-22-20(12-25-29)23(31)28-19(13-32-24(28)26-22)11-21(30)27-16(3)6-5-7-17(27)4/h8-10,12,16-17,19H,5-7,11,13H2,1-4H3. The van der Waals surface area contributed by atoms with Gasteiger partial charge in [-0.1, -0.05) is 17.8 Å². The quantitative estimate of drug-likeness (QED) is 0.562. The van der Waals surface area contributed by atoms with Gasteiger partial charge in [0.05, 0.1) is 17.9 Å². The minimum atomic E-state index is -0.168. The van der Waals surface area contributed by atoms with Gasteiger partial charge >= 0.3 is 0 Å².